The van der Waals surface area contributed by atoms with Gasteiger partial charge in [-0.15, -0.1) is 10.1 Å². The summed E-state index contributed by atoms with van der Waals surface area (Å²) in [5, 5.41) is 11.2. The molecule has 0 fully saturated rings. The van der Waals surface area contributed by atoms with Crippen LogP contribution in [0.15, 0.2) is 34.8 Å². The Morgan fingerprint density at radius 1 is 1.23 bits per heavy atom. The van der Waals surface area contributed by atoms with Crippen LogP contribution >= 0.6 is 15.9 Å². The van der Waals surface area contributed by atoms with Crippen molar-refractivity contribution >= 4 is 32.7 Å². The first kappa shape index (κ1) is 20.0. The molecule has 26 heavy (non-hydrogen) atoms. The summed E-state index contributed by atoms with van der Waals surface area (Å²) in [6.07, 6.45) is 0.964. The molecule has 0 saturated heterocycles. The van der Waals surface area contributed by atoms with Crippen LogP contribution in [0.25, 0.3) is 10.8 Å². The molecule has 0 aliphatic carbocycles. The van der Waals surface area contributed by atoms with Gasteiger partial charge < -0.3 is 14.3 Å². The number of rotatable bonds is 9. The maximum absolute atomic E-state index is 12.2. The lowest BCUT2D eigenvalue weighted by atomic mass is 9.98. The van der Waals surface area contributed by atoms with Crippen molar-refractivity contribution in [3.05, 3.63) is 50.5 Å². The van der Waals surface area contributed by atoms with E-state index in [1.54, 1.807) is 14.0 Å². The molecule has 8 heteroatoms. The summed E-state index contributed by atoms with van der Waals surface area (Å²) in [7, 11) is 1.61. The van der Waals surface area contributed by atoms with E-state index < -0.39 is 11.0 Å². The van der Waals surface area contributed by atoms with Crippen molar-refractivity contribution in [3.8, 4) is 5.75 Å². The molecule has 0 aliphatic heterocycles. The Morgan fingerprint density at radius 3 is 2.65 bits per heavy atom. The van der Waals surface area contributed by atoms with Gasteiger partial charge >= 0.3 is 5.97 Å². The smallest absolute Gasteiger partial charge is 0.313 e. The maximum Gasteiger partial charge on any atom is 0.313 e. The van der Waals surface area contributed by atoms with Crippen LogP contribution < -0.4 is 4.74 Å². The molecular weight excluding hydrogens is 406 g/mol. The average Bonchev–Trinajstić information content (AvgIpc) is 2.63. The molecule has 1 atom stereocenters. The molecule has 0 heterocycles. The monoisotopic (exact) mass is 425 g/mol. The summed E-state index contributed by atoms with van der Waals surface area (Å²) in [5.74, 6) is 0.0150. The van der Waals surface area contributed by atoms with Crippen LogP contribution in [0.3, 0.4) is 0 Å². The van der Waals surface area contributed by atoms with Gasteiger partial charge in [-0.2, -0.15) is 0 Å². The second-order valence-electron chi connectivity index (χ2n) is 5.72. The second-order valence-corrected chi connectivity index (χ2v) is 6.51. The van der Waals surface area contributed by atoms with Crippen molar-refractivity contribution in [3.63, 3.8) is 0 Å². The number of unbranched alkanes of at least 4 members (excludes halogenated alkanes) is 1. The zero-order valence-corrected chi connectivity index (χ0v) is 16.2. The topological polar surface area (TPSA) is 87.9 Å². The number of halogens is 1. The van der Waals surface area contributed by atoms with Gasteiger partial charge in [0.1, 0.15) is 5.75 Å². The molecule has 0 amide bonds. The van der Waals surface area contributed by atoms with Gasteiger partial charge in [0.15, 0.2) is 0 Å². The first-order chi connectivity index (χ1) is 12.4. The minimum atomic E-state index is -0.832. The van der Waals surface area contributed by atoms with Gasteiger partial charge in [-0.1, -0.05) is 24.3 Å². The number of carbonyl (C=O) groups excluding carboxylic acids is 1. The van der Waals surface area contributed by atoms with Gasteiger partial charge in [0.25, 0.3) is 5.09 Å². The fraction of sp³-hybridized carbons (Fsp3) is 0.389. The van der Waals surface area contributed by atoms with E-state index in [2.05, 4.69) is 20.8 Å². The van der Waals surface area contributed by atoms with Crippen molar-refractivity contribution < 1.29 is 24.2 Å². The van der Waals surface area contributed by atoms with Crippen molar-refractivity contribution in [1.82, 2.24) is 0 Å². The maximum atomic E-state index is 12.2. The quantitative estimate of drug-likeness (QED) is 0.258. The van der Waals surface area contributed by atoms with E-state index in [-0.39, 0.29) is 19.2 Å². The molecule has 2 rings (SSSR count). The van der Waals surface area contributed by atoms with E-state index in [1.165, 1.54) is 0 Å². The summed E-state index contributed by atoms with van der Waals surface area (Å²) >= 11 is 3.53. The normalized spacial score (nSPS) is 11.8. The van der Waals surface area contributed by atoms with Gasteiger partial charge in [0.05, 0.1) is 30.7 Å². The Balaban J connectivity index is 1.95. The van der Waals surface area contributed by atoms with E-state index in [9.17, 15) is 14.9 Å². The van der Waals surface area contributed by atoms with Crippen LogP contribution in [0.2, 0.25) is 0 Å². The lowest BCUT2D eigenvalue weighted by Gasteiger charge is -2.14. The van der Waals surface area contributed by atoms with E-state index in [1.807, 2.05) is 30.3 Å². The largest absolute Gasteiger partial charge is 0.496 e. The fourth-order valence-corrected chi connectivity index (χ4v) is 3.15. The van der Waals surface area contributed by atoms with Gasteiger partial charge in [0, 0.05) is 0 Å². The average molecular weight is 426 g/mol. The number of hydrogen-bond donors (Lipinski definition) is 0. The minimum absolute atomic E-state index is 0.00309. The molecule has 0 radical (unpaired) electrons. The summed E-state index contributed by atoms with van der Waals surface area (Å²) in [6.45, 7) is 2.00. The molecule has 140 valence electrons. The number of benzene rings is 2. The van der Waals surface area contributed by atoms with Gasteiger partial charge in [-0.25, -0.2) is 0 Å². The highest BCUT2D eigenvalue weighted by molar-refractivity contribution is 9.10. The standard InChI is InChI=1S/C18H20BrNO6/c1-12(18(21)25-9-3-4-10-26-20(22)23)13-5-7-15-14(11-13)6-8-16(24-2)17(15)19/h5-8,11-12H,3-4,9-10H2,1-2H3. The number of carbonyl (C=O) groups is 1. The minimum Gasteiger partial charge on any atom is -0.496 e. The molecular formula is C18H20BrNO6. The third-order valence-corrected chi connectivity index (χ3v) is 4.81. The third-order valence-electron chi connectivity index (χ3n) is 4.00. The molecule has 0 aromatic heterocycles. The van der Waals surface area contributed by atoms with Crippen molar-refractivity contribution in [1.29, 1.82) is 0 Å². The first-order valence-electron chi connectivity index (χ1n) is 8.14. The highest BCUT2D eigenvalue weighted by Crippen LogP contribution is 2.34. The molecule has 0 N–H and O–H groups in total. The van der Waals surface area contributed by atoms with E-state index in [4.69, 9.17) is 9.47 Å². The van der Waals surface area contributed by atoms with Crippen molar-refractivity contribution in [2.45, 2.75) is 25.7 Å². The van der Waals surface area contributed by atoms with Gasteiger partial charge in [-0.05, 0) is 58.1 Å². The lowest BCUT2D eigenvalue weighted by molar-refractivity contribution is -0.757. The molecule has 0 saturated carbocycles. The number of ether oxygens (including phenoxy) is 2. The first-order valence-corrected chi connectivity index (χ1v) is 8.93. The van der Waals surface area contributed by atoms with Gasteiger partial charge in [-0.3, -0.25) is 4.79 Å². The molecule has 0 aliphatic rings. The van der Waals surface area contributed by atoms with Crippen LogP contribution in [0.1, 0.15) is 31.2 Å². The van der Waals surface area contributed by atoms with Crippen LogP contribution in [-0.2, 0) is 14.4 Å². The number of hydrogen-bond acceptors (Lipinski definition) is 6. The highest BCUT2D eigenvalue weighted by atomic mass is 79.9. The second kappa shape index (κ2) is 9.38. The molecule has 1 unspecified atom stereocenters. The molecule has 2 aromatic rings. The summed E-state index contributed by atoms with van der Waals surface area (Å²) in [5.41, 5.74) is 0.858. The predicted molar refractivity (Wildman–Crippen MR) is 99.8 cm³/mol. The van der Waals surface area contributed by atoms with Crippen LogP contribution in [-0.4, -0.2) is 31.4 Å². The highest BCUT2D eigenvalue weighted by Gasteiger charge is 2.17. The Labute approximate surface area is 159 Å². The lowest BCUT2D eigenvalue weighted by Crippen LogP contribution is -2.14. The number of fused-ring (bicyclic) bond motifs is 1. The summed E-state index contributed by atoms with van der Waals surface area (Å²) < 4.78 is 11.4. The van der Waals surface area contributed by atoms with Crippen molar-refractivity contribution in [2.75, 3.05) is 20.3 Å². The molecule has 2 aromatic carbocycles. The van der Waals surface area contributed by atoms with E-state index in [0.717, 1.165) is 26.6 Å². The van der Waals surface area contributed by atoms with Crippen molar-refractivity contribution in [2.24, 2.45) is 0 Å². The Hall–Kier alpha value is -2.35. The molecule has 0 spiro atoms. The number of methoxy groups -OCH3 is 1. The molecule has 7 nitrogen and oxygen atoms in total. The Bertz CT molecular complexity index is 795. The Kier molecular flexibility index (Phi) is 7.20. The SMILES string of the molecule is COc1ccc2cc(C(C)C(=O)OCCCCO[N+](=O)[O-])ccc2c1Br. The number of nitrogens with zero attached hydrogens (tertiary/aromatic N) is 1. The zero-order chi connectivity index (χ0) is 19.1. The van der Waals surface area contributed by atoms with E-state index in [0.29, 0.717) is 12.8 Å². The predicted octanol–water partition coefficient (Wildman–Crippen LogP) is 4.25. The Morgan fingerprint density at radius 2 is 1.96 bits per heavy atom. The molecule has 0 bridgehead atoms. The zero-order valence-electron chi connectivity index (χ0n) is 14.6. The van der Waals surface area contributed by atoms with Crippen LogP contribution in [0, 0.1) is 10.1 Å². The van der Waals surface area contributed by atoms with E-state index >= 15 is 0 Å². The third kappa shape index (κ3) is 5.08. The number of esters is 1. The fourth-order valence-electron chi connectivity index (χ4n) is 2.49. The van der Waals surface area contributed by atoms with Gasteiger partial charge in [0.2, 0.25) is 0 Å². The summed E-state index contributed by atoms with van der Waals surface area (Å²) in [4.78, 5) is 26.4. The van der Waals surface area contributed by atoms with Crippen LogP contribution in [0.5, 0.6) is 5.75 Å². The summed E-state index contributed by atoms with van der Waals surface area (Å²) in [6, 6.07) is 9.59. The van der Waals surface area contributed by atoms with Crippen LogP contribution in [0.4, 0.5) is 0 Å².